The van der Waals surface area contributed by atoms with E-state index in [1.165, 1.54) is 18.2 Å². The zero-order valence-corrected chi connectivity index (χ0v) is 16.0. The van der Waals surface area contributed by atoms with Gasteiger partial charge in [0, 0.05) is 23.6 Å². The highest BCUT2D eigenvalue weighted by atomic mass is 19.1. The van der Waals surface area contributed by atoms with Crippen LogP contribution >= 0.6 is 0 Å². The van der Waals surface area contributed by atoms with E-state index in [2.05, 4.69) is 18.2 Å². The molecule has 2 heterocycles. The highest BCUT2D eigenvalue weighted by Crippen LogP contribution is 2.39. The number of furan rings is 1. The topological polar surface area (TPSA) is 17.0 Å². The van der Waals surface area contributed by atoms with E-state index in [9.17, 15) is 8.78 Å². The van der Waals surface area contributed by atoms with Crippen molar-refractivity contribution in [2.24, 2.45) is 7.05 Å². The Morgan fingerprint density at radius 3 is 2.45 bits per heavy atom. The first-order valence-corrected chi connectivity index (χ1v) is 9.39. The fourth-order valence-corrected chi connectivity index (χ4v) is 3.94. The van der Waals surface area contributed by atoms with Crippen LogP contribution in [0.15, 0.2) is 77.3 Å². The molecule has 0 radical (unpaired) electrons. The van der Waals surface area contributed by atoms with Crippen molar-refractivity contribution in [2.45, 2.75) is 6.92 Å². The Morgan fingerprint density at radius 2 is 1.66 bits per heavy atom. The van der Waals surface area contributed by atoms with Gasteiger partial charge >= 0.3 is 0 Å². The van der Waals surface area contributed by atoms with Crippen molar-refractivity contribution in [1.29, 1.82) is 0 Å². The van der Waals surface area contributed by atoms with Crippen LogP contribution in [-0.4, -0.2) is 0 Å². The molecule has 4 heteroatoms. The first-order chi connectivity index (χ1) is 14.0. The number of aromatic nitrogens is 1. The predicted octanol–water partition coefficient (Wildman–Crippen LogP) is 6.33. The Hall–Kier alpha value is -3.53. The minimum atomic E-state index is -0.410. The molecule has 0 saturated carbocycles. The SMILES string of the molecule is Cc1cc(F)c2c(oc3cc(F)ccc32)c1-c1cc(-c2ccccc2)cc[n+]1C. The van der Waals surface area contributed by atoms with Crippen LogP contribution in [-0.2, 0) is 7.05 Å². The van der Waals surface area contributed by atoms with Crippen LogP contribution in [0.3, 0.4) is 0 Å². The van der Waals surface area contributed by atoms with Gasteiger partial charge in [0.1, 0.15) is 24.3 Å². The zero-order valence-electron chi connectivity index (χ0n) is 16.0. The summed E-state index contributed by atoms with van der Waals surface area (Å²) in [5.74, 6) is -0.777. The molecule has 0 N–H and O–H groups in total. The zero-order chi connectivity index (χ0) is 20.1. The third-order valence-corrected chi connectivity index (χ3v) is 5.37. The Labute approximate surface area is 166 Å². The maximum atomic E-state index is 14.9. The van der Waals surface area contributed by atoms with Crippen LogP contribution < -0.4 is 4.57 Å². The molecular formula is C25H18F2NO+. The molecule has 0 fully saturated rings. The van der Waals surface area contributed by atoms with Crippen molar-refractivity contribution in [1.82, 2.24) is 0 Å². The number of benzene rings is 3. The largest absolute Gasteiger partial charge is 0.455 e. The number of hydrogen-bond donors (Lipinski definition) is 0. The highest BCUT2D eigenvalue weighted by Gasteiger charge is 2.24. The molecule has 0 aliphatic heterocycles. The minimum Gasteiger partial charge on any atom is -0.455 e. The third kappa shape index (κ3) is 2.80. The molecule has 5 rings (SSSR count). The van der Waals surface area contributed by atoms with E-state index in [0.29, 0.717) is 21.9 Å². The number of nitrogens with zero attached hydrogens (tertiary/aromatic N) is 1. The molecule has 0 spiro atoms. The summed E-state index contributed by atoms with van der Waals surface area (Å²) >= 11 is 0. The first-order valence-electron chi connectivity index (χ1n) is 9.39. The van der Waals surface area contributed by atoms with Crippen LogP contribution in [0.2, 0.25) is 0 Å². The van der Waals surface area contributed by atoms with Gasteiger partial charge in [0.05, 0.1) is 10.9 Å². The lowest BCUT2D eigenvalue weighted by Crippen LogP contribution is -2.30. The Morgan fingerprint density at radius 1 is 0.862 bits per heavy atom. The molecule has 0 unspecified atom stereocenters. The fourth-order valence-electron chi connectivity index (χ4n) is 3.94. The van der Waals surface area contributed by atoms with Gasteiger partial charge in [0.15, 0.2) is 11.8 Å². The molecule has 2 aromatic heterocycles. The standard InChI is InChI=1S/C25H18F2NO/c1-15-12-20(27)24-19-9-8-18(26)14-22(19)29-25(24)23(15)21-13-17(10-11-28(21)2)16-6-4-3-5-7-16/h3-14H,1-2H3/q+1. The van der Waals surface area contributed by atoms with Gasteiger partial charge in [-0.2, -0.15) is 0 Å². The number of rotatable bonds is 2. The summed E-state index contributed by atoms with van der Waals surface area (Å²) in [6.07, 6.45) is 1.98. The summed E-state index contributed by atoms with van der Waals surface area (Å²) in [4.78, 5) is 0. The average molecular weight is 386 g/mol. The second-order valence-corrected chi connectivity index (χ2v) is 7.27. The van der Waals surface area contributed by atoms with Crippen molar-refractivity contribution < 1.29 is 17.8 Å². The third-order valence-electron chi connectivity index (χ3n) is 5.37. The Bertz CT molecular complexity index is 1390. The molecule has 142 valence electrons. The van der Waals surface area contributed by atoms with E-state index in [1.807, 2.05) is 49.0 Å². The van der Waals surface area contributed by atoms with Gasteiger partial charge in [-0.15, -0.1) is 0 Å². The van der Waals surface area contributed by atoms with Crippen molar-refractivity contribution in [3.05, 3.63) is 90.1 Å². The van der Waals surface area contributed by atoms with E-state index in [0.717, 1.165) is 27.9 Å². The van der Waals surface area contributed by atoms with E-state index >= 15 is 0 Å². The first kappa shape index (κ1) is 17.6. The molecule has 3 aromatic carbocycles. The lowest BCUT2D eigenvalue weighted by molar-refractivity contribution is -0.660. The predicted molar refractivity (Wildman–Crippen MR) is 110 cm³/mol. The maximum Gasteiger partial charge on any atom is 0.216 e. The van der Waals surface area contributed by atoms with Crippen molar-refractivity contribution in [2.75, 3.05) is 0 Å². The molecule has 0 aliphatic carbocycles. The van der Waals surface area contributed by atoms with Gasteiger partial charge in [-0.1, -0.05) is 30.3 Å². The summed E-state index contributed by atoms with van der Waals surface area (Å²) in [7, 11) is 1.95. The van der Waals surface area contributed by atoms with Crippen LogP contribution in [0.4, 0.5) is 8.78 Å². The van der Waals surface area contributed by atoms with E-state index in [1.54, 1.807) is 6.07 Å². The summed E-state index contributed by atoms with van der Waals surface area (Å²) in [6, 6.07) is 19.9. The molecule has 2 nitrogen and oxygen atoms in total. The minimum absolute atomic E-state index is 0.340. The molecular weight excluding hydrogens is 368 g/mol. The van der Waals surface area contributed by atoms with Crippen molar-refractivity contribution in [3.63, 3.8) is 0 Å². The number of aryl methyl sites for hydroxylation is 2. The average Bonchev–Trinajstić information content (AvgIpc) is 3.08. The molecule has 29 heavy (non-hydrogen) atoms. The lowest BCUT2D eigenvalue weighted by atomic mass is 9.97. The molecule has 0 amide bonds. The van der Waals surface area contributed by atoms with Crippen LogP contribution in [0.5, 0.6) is 0 Å². The smallest absolute Gasteiger partial charge is 0.216 e. The summed E-state index contributed by atoms with van der Waals surface area (Å²) in [6.45, 7) is 1.86. The molecule has 5 aromatic rings. The Balaban J connectivity index is 1.85. The number of halogens is 2. The molecule has 0 bridgehead atoms. The van der Waals surface area contributed by atoms with E-state index in [4.69, 9.17) is 4.42 Å². The normalized spacial score (nSPS) is 11.4. The second kappa shape index (κ2) is 6.52. The van der Waals surface area contributed by atoms with Crippen LogP contribution in [0, 0.1) is 18.6 Å². The Kier molecular flexibility index (Phi) is 3.95. The van der Waals surface area contributed by atoms with Crippen LogP contribution in [0.25, 0.3) is 44.3 Å². The lowest BCUT2D eigenvalue weighted by Gasteiger charge is -2.08. The summed E-state index contributed by atoms with van der Waals surface area (Å²) < 4.78 is 36.6. The van der Waals surface area contributed by atoms with E-state index in [-0.39, 0.29) is 5.82 Å². The molecule has 0 atom stereocenters. The van der Waals surface area contributed by atoms with Gasteiger partial charge in [0.2, 0.25) is 5.69 Å². The maximum absolute atomic E-state index is 14.9. The van der Waals surface area contributed by atoms with E-state index < -0.39 is 5.82 Å². The van der Waals surface area contributed by atoms with Gasteiger partial charge in [-0.3, -0.25) is 0 Å². The molecule has 0 aliphatic rings. The monoisotopic (exact) mass is 386 g/mol. The van der Waals surface area contributed by atoms with Gasteiger partial charge in [0.25, 0.3) is 0 Å². The molecule has 0 saturated heterocycles. The van der Waals surface area contributed by atoms with Crippen molar-refractivity contribution in [3.8, 4) is 22.4 Å². The number of pyridine rings is 1. The number of hydrogen-bond acceptors (Lipinski definition) is 1. The fraction of sp³-hybridized carbons (Fsp3) is 0.0800. The quantitative estimate of drug-likeness (QED) is 0.324. The van der Waals surface area contributed by atoms with Gasteiger partial charge in [-0.05, 0) is 41.8 Å². The highest BCUT2D eigenvalue weighted by molar-refractivity contribution is 6.10. The summed E-state index contributed by atoms with van der Waals surface area (Å²) in [5.41, 5.74) is 5.38. The van der Waals surface area contributed by atoms with Gasteiger partial charge < -0.3 is 4.42 Å². The van der Waals surface area contributed by atoms with Crippen LogP contribution in [0.1, 0.15) is 5.56 Å². The van der Waals surface area contributed by atoms with Crippen molar-refractivity contribution >= 4 is 21.9 Å². The second-order valence-electron chi connectivity index (χ2n) is 7.27. The summed E-state index contributed by atoms with van der Waals surface area (Å²) in [5, 5.41) is 0.952. The van der Waals surface area contributed by atoms with Gasteiger partial charge in [-0.25, -0.2) is 13.3 Å². The number of fused-ring (bicyclic) bond motifs is 3.